The molecule has 0 saturated carbocycles. The Labute approximate surface area is 105 Å². The second-order valence-electron chi connectivity index (χ2n) is 4.49. The first kappa shape index (κ1) is 11.2. The molecule has 0 radical (unpaired) electrons. The van der Waals surface area contributed by atoms with E-state index in [-0.39, 0.29) is 6.04 Å². The van der Waals surface area contributed by atoms with Crippen LogP contribution < -0.4 is 4.74 Å². The molecule has 2 unspecified atom stereocenters. The van der Waals surface area contributed by atoms with Crippen molar-refractivity contribution in [3.63, 3.8) is 0 Å². The number of hydrogen-bond acceptors (Lipinski definition) is 4. The molecule has 5 heteroatoms. The number of aromatic nitrogens is 3. The molecule has 1 aliphatic carbocycles. The fourth-order valence-electron chi connectivity index (χ4n) is 2.54. The van der Waals surface area contributed by atoms with Crippen LogP contribution in [-0.4, -0.2) is 27.0 Å². The second kappa shape index (κ2) is 4.42. The molecule has 0 aliphatic heterocycles. The topological polar surface area (TPSA) is 60.2 Å². The van der Waals surface area contributed by atoms with Gasteiger partial charge < -0.3 is 9.84 Å². The number of fused-ring (bicyclic) bond motifs is 1. The van der Waals surface area contributed by atoms with Gasteiger partial charge in [-0.1, -0.05) is 6.07 Å². The van der Waals surface area contributed by atoms with Gasteiger partial charge in [-0.25, -0.2) is 9.67 Å². The van der Waals surface area contributed by atoms with Gasteiger partial charge in [0.05, 0.1) is 13.2 Å². The predicted molar refractivity (Wildman–Crippen MR) is 65.3 cm³/mol. The van der Waals surface area contributed by atoms with Gasteiger partial charge in [0.15, 0.2) is 0 Å². The Hall–Kier alpha value is -1.88. The van der Waals surface area contributed by atoms with Gasteiger partial charge in [-0.05, 0) is 36.1 Å². The summed E-state index contributed by atoms with van der Waals surface area (Å²) in [5.41, 5.74) is 2.11. The van der Waals surface area contributed by atoms with Crippen LogP contribution in [0.15, 0.2) is 30.9 Å². The van der Waals surface area contributed by atoms with Crippen molar-refractivity contribution in [2.24, 2.45) is 0 Å². The van der Waals surface area contributed by atoms with Crippen molar-refractivity contribution >= 4 is 0 Å². The number of rotatable bonds is 2. The zero-order chi connectivity index (χ0) is 12.5. The molecule has 3 rings (SSSR count). The number of aliphatic hydroxyl groups excluding tert-OH is 1. The third kappa shape index (κ3) is 1.76. The van der Waals surface area contributed by atoms with Crippen LogP contribution in [0.1, 0.15) is 29.7 Å². The SMILES string of the molecule is COc1ccc2c(c1)C(O)C(n1cncn1)CC2. The lowest BCUT2D eigenvalue weighted by Crippen LogP contribution is -2.24. The number of aryl methyl sites for hydroxylation is 1. The van der Waals surface area contributed by atoms with E-state index in [4.69, 9.17) is 4.74 Å². The summed E-state index contributed by atoms with van der Waals surface area (Å²) in [7, 11) is 1.63. The summed E-state index contributed by atoms with van der Waals surface area (Å²) in [5, 5.41) is 14.6. The summed E-state index contributed by atoms with van der Waals surface area (Å²) in [6, 6.07) is 5.81. The first-order valence-electron chi connectivity index (χ1n) is 5.98. The quantitative estimate of drug-likeness (QED) is 0.871. The largest absolute Gasteiger partial charge is 0.497 e. The highest BCUT2D eigenvalue weighted by molar-refractivity contribution is 5.39. The molecule has 2 atom stereocenters. The van der Waals surface area contributed by atoms with Crippen LogP contribution in [0, 0.1) is 0 Å². The third-order valence-corrected chi connectivity index (χ3v) is 3.52. The van der Waals surface area contributed by atoms with Crippen molar-refractivity contribution in [1.82, 2.24) is 14.8 Å². The Balaban J connectivity index is 1.97. The molecule has 1 aromatic heterocycles. The molecule has 1 aliphatic rings. The van der Waals surface area contributed by atoms with E-state index >= 15 is 0 Å². The van der Waals surface area contributed by atoms with Crippen LogP contribution in [0.2, 0.25) is 0 Å². The number of nitrogens with zero attached hydrogens (tertiary/aromatic N) is 3. The van der Waals surface area contributed by atoms with Crippen LogP contribution in [0.3, 0.4) is 0 Å². The second-order valence-corrected chi connectivity index (χ2v) is 4.49. The van der Waals surface area contributed by atoms with Crippen molar-refractivity contribution in [2.45, 2.75) is 25.0 Å². The molecule has 0 fully saturated rings. The van der Waals surface area contributed by atoms with Crippen LogP contribution >= 0.6 is 0 Å². The standard InChI is InChI=1S/C13H15N3O2/c1-18-10-4-2-9-3-5-12(13(17)11(9)6-10)16-8-14-7-15-16/h2,4,6-8,12-13,17H,3,5H2,1H3. The zero-order valence-electron chi connectivity index (χ0n) is 10.2. The highest BCUT2D eigenvalue weighted by atomic mass is 16.5. The fraction of sp³-hybridized carbons (Fsp3) is 0.385. The summed E-state index contributed by atoms with van der Waals surface area (Å²) in [4.78, 5) is 3.94. The molecular formula is C13H15N3O2. The van der Waals surface area contributed by atoms with Gasteiger partial charge in [0, 0.05) is 0 Å². The Morgan fingerprint density at radius 3 is 3.06 bits per heavy atom. The molecule has 2 aromatic rings. The highest BCUT2D eigenvalue weighted by Crippen LogP contribution is 2.38. The molecule has 0 saturated heterocycles. The maximum absolute atomic E-state index is 10.5. The van der Waals surface area contributed by atoms with Crippen LogP contribution in [0.5, 0.6) is 5.75 Å². The summed E-state index contributed by atoms with van der Waals surface area (Å²) < 4.78 is 6.94. The maximum atomic E-state index is 10.5. The fourth-order valence-corrected chi connectivity index (χ4v) is 2.54. The smallest absolute Gasteiger partial charge is 0.137 e. The summed E-state index contributed by atoms with van der Waals surface area (Å²) in [5.74, 6) is 0.770. The molecule has 1 heterocycles. The van der Waals surface area contributed by atoms with Crippen molar-refractivity contribution in [1.29, 1.82) is 0 Å². The highest BCUT2D eigenvalue weighted by Gasteiger charge is 2.30. The van der Waals surface area contributed by atoms with Gasteiger partial charge in [0.2, 0.25) is 0 Å². The molecule has 0 amide bonds. The van der Waals surface area contributed by atoms with Gasteiger partial charge in [-0.15, -0.1) is 0 Å². The van der Waals surface area contributed by atoms with E-state index in [9.17, 15) is 5.11 Å². The van der Waals surface area contributed by atoms with Crippen molar-refractivity contribution in [3.8, 4) is 5.75 Å². The van der Waals surface area contributed by atoms with Crippen molar-refractivity contribution < 1.29 is 9.84 Å². The number of aliphatic hydroxyl groups is 1. The van der Waals surface area contributed by atoms with Gasteiger partial charge >= 0.3 is 0 Å². The molecule has 94 valence electrons. The average Bonchev–Trinajstić information content (AvgIpc) is 2.93. The number of methoxy groups -OCH3 is 1. The summed E-state index contributed by atoms with van der Waals surface area (Å²) in [6.45, 7) is 0. The minimum atomic E-state index is -0.564. The van der Waals surface area contributed by atoms with Crippen molar-refractivity contribution in [2.75, 3.05) is 7.11 Å². The number of benzene rings is 1. The van der Waals surface area contributed by atoms with E-state index < -0.39 is 6.10 Å². The Kier molecular flexibility index (Phi) is 2.76. The Morgan fingerprint density at radius 2 is 2.33 bits per heavy atom. The molecular weight excluding hydrogens is 230 g/mol. The van der Waals surface area contributed by atoms with Gasteiger partial charge in [-0.3, -0.25) is 0 Å². The zero-order valence-corrected chi connectivity index (χ0v) is 10.2. The molecule has 18 heavy (non-hydrogen) atoms. The lowest BCUT2D eigenvalue weighted by molar-refractivity contribution is 0.0917. The monoisotopic (exact) mass is 245 g/mol. The lowest BCUT2D eigenvalue weighted by Gasteiger charge is -2.30. The Morgan fingerprint density at radius 1 is 1.44 bits per heavy atom. The van der Waals surface area contributed by atoms with E-state index in [1.807, 2.05) is 18.2 Å². The van der Waals surface area contributed by atoms with E-state index in [1.54, 1.807) is 18.1 Å². The minimum absolute atomic E-state index is 0.0490. The van der Waals surface area contributed by atoms with E-state index in [0.29, 0.717) is 0 Å². The molecule has 1 N–H and O–H groups in total. The average molecular weight is 245 g/mol. The maximum Gasteiger partial charge on any atom is 0.137 e. The third-order valence-electron chi connectivity index (χ3n) is 3.52. The number of hydrogen-bond donors (Lipinski definition) is 1. The molecule has 1 aromatic carbocycles. The predicted octanol–water partition coefficient (Wildman–Crippen LogP) is 1.51. The first-order chi connectivity index (χ1) is 8.79. The van der Waals surface area contributed by atoms with E-state index in [1.165, 1.54) is 11.9 Å². The Bertz CT molecular complexity index is 539. The summed E-state index contributed by atoms with van der Waals surface area (Å²) >= 11 is 0. The first-order valence-corrected chi connectivity index (χ1v) is 5.98. The van der Waals surface area contributed by atoms with Crippen LogP contribution in [0.4, 0.5) is 0 Å². The van der Waals surface area contributed by atoms with E-state index in [0.717, 1.165) is 24.2 Å². The van der Waals surface area contributed by atoms with Crippen LogP contribution in [0.25, 0.3) is 0 Å². The van der Waals surface area contributed by atoms with Gasteiger partial charge in [-0.2, -0.15) is 5.10 Å². The lowest BCUT2D eigenvalue weighted by atomic mass is 9.86. The normalized spacial score (nSPS) is 22.6. The molecule has 0 bridgehead atoms. The minimum Gasteiger partial charge on any atom is -0.497 e. The van der Waals surface area contributed by atoms with E-state index in [2.05, 4.69) is 10.1 Å². The van der Waals surface area contributed by atoms with Gasteiger partial charge in [0.1, 0.15) is 24.5 Å². The molecule has 0 spiro atoms. The van der Waals surface area contributed by atoms with Crippen LogP contribution in [-0.2, 0) is 6.42 Å². The van der Waals surface area contributed by atoms with Crippen molar-refractivity contribution in [3.05, 3.63) is 42.0 Å². The summed E-state index contributed by atoms with van der Waals surface area (Å²) in [6.07, 6.45) is 4.38. The number of ether oxygens (including phenoxy) is 1. The van der Waals surface area contributed by atoms with Gasteiger partial charge in [0.25, 0.3) is 0 Å². The molecule has 5 nitrogen and oxygen atoms in total.